The van der Waals surface area contributed by atoms with Crippen LogP contribution in [0, 0.1) is 13.8 Å². The van der Waals surface area contributed by atoms with Crippen molar-refractivity contribution in [3.8, 4) is 22.0 Å². The predicted molar refractivity (Wildman–Crippen MR) is 114 cm³/mol. The molecule has 4 rings (SSSR count). The number of aromatic nitrogens is 3. The van der Waals surface area contributed by atoms with Gasteiger partial charge >= 0.3 is 5.76 Å². The average Bonchev–Trinajstić information content (AvgIpc) is 3.43. The van der Waals surface area contributed by atoms with Crippen LogP contribution >= 0.6 is 22.7 Å². The molecule has 0 saturated heterocycles. The molecule has 0 bridgehead atoms. The summed E-state index contributed by atoms with van der Waals surface area (Å²) in [6.07, 6.45) is 0.0921. The highest BCUT2D eigenvalue weighted by Gasteiger charge is 2.13. The summed E-state index contributed by atoms with van der Waals surface area (Å²) in [6, 6.07) is 9.83. The van der Waals surface area contributed by atoms with E-state index in [0.717, 1.165) is 20.8 Å². The molecule has 29 heavy (non-hydrogen) atoms. The molecule has 148 valence electrons. The van der Waals surface area contributed by atoms with Crippen molar-refractivity contribution in [1.82, 2.24) is 14.8 Å². The summed E-state index contributed by atoms with van der Waals surface area (Å²) in [5.74, 6) is -0.547. The third kappa shape index (κ3) is 4.36. The fourth-order valence-electron chi connectivity index (χ4n) is 2.70. The van der Waals surface area contributed by atoms with Gasteiger partial charge in [0.1, 0.15) is 0 Å². The van der Waals surface area contributed by atoms with Gasteiger partial charge < -0.3 is 9.73 Å². The molecule has 0 atom stereocenters. The molecule has 0 saturated carbocycles. The van der Waals surface area contributed by atoms with Crippen LogP contribution in [-0.2, 0) is 11.3 Å². The summed E-state index contributed by atoms with van der Waals surface area (Å²) < 4.78 is 6.31. The molecule has 1 N–H and O–H groups in total. The van der Waals surface area contributed by atoms with Gasteiger partial charge in [0.05, 0.1) is 17.1 Å². The standard InChI is InChI=1S/C20H18N4O3S2/c1-12-5-6-14(10-13(12)2)15-11-29-19(21-15)22-17(25)7-8-24-20(26)27-18(23-24)16-4-3-9-28-16/h3-6,9-11H,7-8H2,1-2H3,(H,21,22,25). The molecule has 0 aliphatic carbocycles. The van der Waals surface area contributed by atoms with Gasteiger partial charge in [-0.1, -0.05) is 18.2 Å². The Hall–Kier alpha value is -3.04. The zero-order valence-corrected chi connectivity index (χ0v) is 17.5. The van der Waals surface area contributed by atoms with Gasteiger partial charge in [0.25, 0.3) is 5.89 Å². The van der Waals surface area contributed by atoms with Gasteiger partial charge in [0.15, 0.2) is 5.13 Å². The molecule has 4 aromatic rings. The third-order valence-corrected chi connectivity index (χ3v) is 6.06. The van der Waals surface area contributed by atoms with Crippen molar-refractivity contribution >= 4 is 33.7 Å². The van der Waals surface area contributed by atoms with Crippen LogP contribution in [-0.4, -0.2) is 20.7 Å². The third-order valence-electron chi connectivity index (χ3n) is 4.44. The molecular formula is C20H18N4O3S2. The van der Waals surface area contributed by atoms with Gasteiger partial charge in [-0.05, 0) is 42.5 Å². The van der Waals surface area contributed by atoms with Crippen molar-refractivity contribution in [2.75, 3.05) is 5.32 Å². The van der Waals surface area contributed by atoms with Crippen LogP contribution < -0.4 is 11.1 Å². The summed E-state index contributed by atoms with van der Waals surface area (Å²) in [7, 11) is 0. The van der Waals surface area contributed by atoms with Gasteiger partial charge in [0.2, 0.25) is 5.91 Å². The maximum absolute atomic E-state index is 12.3. The zero-order chi connectivity index (χ0) is 20.4. The number of hydrogen-bond donors (Lipinski definition) is 1. The zero-order valence-electron chi connectivity index (χ0n) is 15.8. The van der Waals surface area contributed by atoms with E-state index in [1.54, 1.807) is 0 Å². The molecule has 0 aliphatic rings. The molecular weight excluding hydrogens is 408 g/mol. The van der Waals surface area contributed by atoms with Crippen LogP contribution in [0.25, 0.3) is 22.0 Å². The van der Waals surface area contributed by atoms with E-state index in [2.05, 4.69) is 41.4 Å². The maximum atomic E-state index is 12.3. The van der Waals surface area contributed by atoms with Crippen molar-refractivity contribution in [2.45, 2.75) is 26.8 Å². The highest BCUT2D eigenvalue weighted by molar-refractivity contribution is 7.14. The number of carbonyl (C=O) groups is 1. The Morgan fingerprint density at radius 1 is 1.21 bits per heavy atom. The Morgan fingerprint density at radius 2 is 2.07 bits per heavy atom. The minimum absolute atomic E-state index is 0.0921. The van der Waals surface area contributed by atoms with Gasteiger partial charge in [-0.3, -0.25) is 4.79 Å². The molecule has 0 unspecified atom stereocenters. The predicted octanol–water partition coefficient (Wildman–Crippen LogP) is 4.33. The minimum Gasteiger partial charge on any atom is -0.387 e. The van der Waals surface area contributed by atoms with E-state index >= 15 is 0 Å². The first kappa shape index (κ1) is 19.3. The Labute approximate surface area is 174 Å². The minimum atomic E-state index is -0.576. The Kier molecular flexibility index (Phi) is 5.41. The monoisotopic (exact) mass is 426 g/mol. The van der Waals surface area contributed by atoms with Crippen LogP contribution in [0.15, 0.2) is 50.3 Å². The molecule has 0 fully saturated rings. The molecule has 7 nitrogen and oxygen atoms in total. The fraction of sp³-hybridized carbons (Fsp3) is 0.200. The van der Waals surface area contributed by atoms with Crippen molar-refractivity contribution in [3.05, 3.63) is 62.8 Å². The Bertz CT molecular complexity index is 1200. The Morgan fingerprint density at radius 3 is 2.83 bits per heavy atom. The van der Waals surface area contributed by atoms with Crippen LogP contribution in [0.1, 0.15) is 17.5 Å². The van der Waals surface area contributed by atoms with Gasteiger partial charge in [-0.15, -0.1) is 27.8 Å². The quantitative estimate of drug-likeness (QED) is 0.495. The van der Waals surface area contributed by atoms with Crippen molar-refractivity contribution in [2.24, 2.45) is 0 Å². The van der Waals surface area contributed by atoms with Crippen LogP contribution in [0.2, 0.25) is 0 Å². The van der Waals surface area contributed by atoms with Crippen molar-refractivity contribution < 1.29 is 9.21 Å². The van der Waals surface area contributed by atoms with E-state index in [9.17, 15) is 9.59 Å². The molecule has 0 aliphatic heterocycles. The average molecular weight is 427 g/mol. The van der Waals surface area contributed by atoms with E-state index in [0.29, 0.717) is 5.13 Å². The number of hydrogen-bond acceptors (Lipinski definition) is 7. The summed E-state index contributed by atoms with van der Waals surface area (Å²) in [6.45, 7) is 4.26. The number of nitrogens with zero attached hydrogens (tertiary/aromatic N) is 3. The van der Waals surface area contributed by atoms with Crippen LogP contribution in [0.3, 0.4) is 0 Å². The highest BCUT2D eigenvalue weighted by Crippen LogP contribution is 2.26. The lowest BCUT2D eigenvalue weighted by Gasteiger charge is -2.03. The first-order valence-corrected chi connectivity index (χ1v) is 10.7. The molecule has 3 aromatic heterocycles. The van der Waals surface area contributed by atoms with Crippen molar-refractivity contribution in [3.63, 3.8) is 0 Å². The van der Waals surface area contributed by atoms with Gasteiger partial charge in [-0.25, -0.2) is 9.78 Å². The smallest absolute Gasteiger partial charge is 0.387 e. The summed E-state index contributed by atoms with van der Waals surface area (Å²) in [4.78, 5) is 29.4. The fourth-order valence-corrected chi connectivity index (χ4v) is 4.08. The number of thiazole rings is 1. The van der Waals surface area contributed by atoms with Crippen molar-refractivity contribution in [1.29, 1.82) is 0 Å². The normalized spacial score (nSPS) is 11.0. The second-order valence-corrected chi connectivity index (χ2v) is 8.31. The van der Waals surface area contributed by atoms with E-state index in [1.165, 1.54) is 33.8 Å². The van der Waals surface area contributed by atoms with Gasteiger partial charge in [-0.2, -0.15) is 4.68 Å². The molecule has 1 aromatic carbocycles. The number of amides is 1. The first-order chi connectivity index (χ1) is 14.0. The van der Waals surface area contributed by atoms with Gasteiger partial charge in [0, 0.05) is 17.4 Å². The molecule has 1 amide bonds. The number of nitrogens with one attached hydrogen (secondary N) is 1. The first-order valence-electron chi connectivity index (χ1n) is 8.94. The maximum Gasteiger partial charge on any atom is 0.437 e. The number of carbonyl (C=O) groups excluding carboxylic acids is 1. The number of rotatable bonds is 6. The summed E-state index contributed by atoms with van der Waals surface area (Å²) in [5.41, 5.74) is 4.26. The molecule has 3 heterocycles. The second kappa shape index (κ2) is 8.14. The number of thiophene rings is 1. The lowest BCUT2D eigenvalue weighted by atomic mass is 10.1. The lowest BCUT2D eigenvalue weighted by Crippen LogP contribution is -2.20. The lowest BCUT2D eigenvalue weighted by molar-refractivity contribution is -0.116. The SMILES string of the molecule is Cc1ccc(-c2csc(NC(=O)CCn3nc(-c4cccs4)oc3=O)n2)cc1C. The molecule has 9 heteroatoms. The van der Waals surface area contributed by atoms with E-state index in [4.69, 9.17) is 4.42 Å². The van der Waals surface area contributed by atoms with E-state index in [-0.39, 0.29) is 24.8 Å². The summed E-state index contributed by atoms with van der Waals surface area (Å²) >= 11 is 2.80. The molecule has 0 radical (unpaired) electrons. The van der Waals surface area contributed by atoms with Crippen LogP contribution in [0.4, 0.5) is 5.13 Å². The number of aryl methyl sites for hydroxylation is 3. The number of anilines is 1. The topological polar surface area (TPSA) is 90.0 Å². The largest absolute Gasteiger partial charge is 0.437 e. The molecule has 0 spiro atoms. The number of benzene rings is 1. The second-order valence-electron chi connectivity index (χ2n) is 6.51. The highest BCUT2D eigenvalue weighted by atomic mass is 32.1. The van der Waals surface area contributed by atoms with Crippen LogP contribution in [0.5, 0.6) is 0 Å². The van der Waals surface area contributed by atoms with E-state index < -0.39 is 5.76 Å². The Balaban J connectivity index is 1.38. The van der Waals surface area contributed by atoms with E-state index in [1.807, 2.05) is 29.0 Å². The summed E-state index contributed by atoms with van der Waals surface area (Å²) in [5, 5.41) is 11.2.